The molecule has 4 nitrogen and oxygen atoms in total. The van der Waals surface area contributed by atoms with Crippen molar-refractivity contribution in [2.24, 2.45) is 0 Å². The molecule has 1 aliphatic heterocycles. The summed E-state index contributed by atoms with van der Waals surface area (Å²) >= 11 is 1.63. The maximum absolute atomic E-state index is 10.0. The fourth-order valence-corrected chi connectivity index (χ4v) is 2.28. The Morgan fingerprint density at radius 2 is 2.67 bits per heavy atom. The first-order chi connectivity index (χ1) is 7.20. The Kier molecular flexibility index (Phi) is 3.35. The summed E-state index contributed by atoms with van der Waals surface area (Å²) in [6, 6.07) is 0.189. The van der Waals surface area contributed by atoms with Crippen molar-refractivity contribution in [2.75, 3.05) is 19.8 Å². The van der Waals surface area contributed by atoms with Gasteiger partial charge in [-0.1, -0.05) is 0 Å². The lowest BCUT2D eigenvalue weighted by molar-refractivity contribution is 0.0252. The zero-order valence-corrected chi connectivity index (χ0v) is 9.59. The topological polar surface area (TPSA) is 54.4 Å². The Bertz CT molecular complexity index is 296. The van der Waals surface area contributed by atoms with Crippen molar-refractivity contribution in [3.8, 4) is 0 Å². The SMILES string of the molecule is CC(NCC1(O)CCOC1)c1nccs1. The van der Waals surface area contributed by atoms with Crippen molar-refractivity contribution in [3.63, 3.8) is 0 Å². The lowest BCUT2D eigenvalue weighted by Crippen LogP contribution is -2.41. The van der Waals surface area contributed by atoms with E-state index in [4.69, 9.17) is 4.74 Å². The van der Waals surface area contributed by atoms with Crippen LogP contribution in [0.4, 0.5) is 0 Å². The number of thiazole rings is 1. The Morgan fingerprint density at radius 3 is 3.27 bits per heavy atom. The molecule has 2 rings (SSSR count). The number of aromatic nitrogens is 1. The molecule has 0 spiro atoms. The van der Waals surface area contributed by atoms with Crippen molar-refractivity contribution in [2.45, 2.75) is 25.0 Å². The highest BCUT2D eigenvalue weighted by Gasteiger charge is 2.32. The third-order valence-electron chi connectivity index (χ3n) is 2.64. The highest BCUT2D eigenvalue weighted by atomic mass is 32.1. The summed E-state index contributed by atoms with van der Waals surface area (Å²) in [7, 11) is 0. The molecule has 1 fully saturated rings. The maximum Gasteiger partial charge on any atom is 0.109 e. The fraction of sp³-hybridized carbons (Fsp3) is 0.700. The van der Waals surface area contributed by atoms with Crippen molar-refractivity contribution in [1.29, 1.82) is 0 Å². The van der Waals surface area contributed by atoms with Crippen LogP contribution in [0, 0.1) is 0 Å². The Labute approximate surface area is 93.3 Å². The van der Waals surface area contributed by atoms with Crippen LogP contribution in [0.2, 0.25) is 0 Å². The number of hydrogen-bond donors (Lipinski definition) is 2. The van der Waals surface area contributed by atoms with Gasteiger partial charge in [0.05, 0.1) is 12.6 Å². The molecular formula is C10H16N2O2S. The summed E-state index contributed by atoms with van der Waals surface area (Å²) in [6.07, 6.45) is 2.51. The van der Waals surface area contributed by atoms with Crippen molar-refractivity contribution < 1.29 is 9.84 Å². The molecule has 0 bridgehead atoms. The van der Waals surface area contributed by atoms with Crippen molar-refractivity contribution in [3.05, 3.63) is 16.6 Å². The van der Waals surface area contributed by atoms with Crippen molar-refractivity contribution >= 4 is 11.3 Å². The summed E-state index contributed by atoms with van der Waals surface area (Å²) in [5, 5.41) is 16.3. The second-order valence-electron chi connectivity index (χ2n) is 4.00. The number of ether oxygens (including phenoxy) is 1. The molecule has 0 radical (unpaired) electrons. The van der Waals surface area contributed by atoms with Gasteiger partial charge in [0, 0.05) is 31.1 Å². The zero-order valence-electron chi connectivity index (χ0n) is 8.77. The highest BCUT2D eigenvalue weighted by Crippen LogP contribution is 2.20. The molecule has 2 unspecified atom stereocenters. The lowest BCUT2D eigenvalue weighted by atomic mass is 10.0. The van der Waals surface area contributed by atoms with Gasteiger partial charge in [-0.05, 0) is 6.92 Å². The van der Waals surface area contributed by atoms with Crippen molar-refractivity contribution in [1.82, 2.24) is 10.3 Å². The first-order valence-corrected chi connectivity index (χ1v) is 6.00. The van der Waals surface area contributed by atoms with E-state index in [9.17, 15) is 5.11 Å². The number of nitrogens with one attached hydrogen (secondary N) is 1. The number of rotatable bonds is 4. The Morgan fingerprint density at radius 1 is 1.80 bits per heavy atom. The molecule has 1 aromatic rings. The largest absolute Gasteiger partial charge is 0.386 e. The van der Waals surface area contributed by atoms with Crippen LogP contribution in [0.25, 0.3) is 0 Å². The molecule has 0 aromatic carbocycles. The standard InChI is InChI=1S/C10H16N2O2S/c1-8(9-11-3-5-15-9)12-6-10(13)2-4-14-7-10/h3,5,8,12-13H,2,4,6-7H2,1H3. The van der Waals surface area contributed by atoms with E-state index in [1.54, 1.807) is 17.5 Å². The molecule has 84 valence electrons. The van der Waals surface area contributed by atoms with Gasteiger partial charge >= 0.3 is 0 Å². The van der Waals surface area contributed by atoms with E-state index in [1.165, 1.54) is 0 Å². The van der Waals surface area contributed by atoms with Gasteiger partial charge in [0.2, 0.25) is 0 Å². The van der Waals surface area contributed by atoms with Crippen LogP contribution in [0.3, 0.4) is 0 Å². The summed E-state index contributed by atoms with van der Waals surface area (Å²) < 4.78 is 5.18. The molecule has 0 saturated carbocycles. The maximum atomic E-state index is 10.0. The molecule has 1 saturated heterocycles. The minimum absolute atomic E-state index is 0.189. The molecule has 0 aliphatic carbocycles. The number of hydrogen-bond acceptors (Lipinski definition) is 5. The van der Waals surface area contributed by atoms with Gasteiger partial charge in [0.15, 0.2) is 0 Å². The average molecular weight is 228 g/mol. The highest BCUT2D eigenvalue weighted by molar-refractivity contribution is 7.09. The van der Waals surface area contributed by atoms with Crippen LogP contribution in [-0.4, -0.2) is 35.5 Å². The van der Waals surface area contributed by atoms with Crippen LogP contribution in [0.5, 0.6) is 0 Å². The molecule has 5 heteroatoms. The number of aliphatic hydroxyl groups is 1. The second-order valence-corrected chi connectivity index (χ2v) is 4.93. The van der Waals surface area contributed by atoms with E-state index in [0.29, 0.717) is 26.2 Å². The first-order valence-electron chi connectivity index (χ1n) is 5.12. The predicted octanol–water partition coefficient (Wildman–Crippen LogP) is 0.945. The van der Waals surface area contributed by atoms with E-state index >= 15 is 0 Å². The van der Waals surface area contributed by atoms with Gasteiger partial charge in [-0.2, -0.15) is 0 Å². The molecule has 0 amide bonds. The van der Waals surface area contributed by atoms with Gasteiger partial charge < -0.3 is 15.2 Å². The van der Waals surface area contributed by atoms with E-state index < -0.39 is 5.60 Å². The van der Waals surface area contributed by atoms with Gasteiger partial charge in [0.1, 0.15) is 10.6 Å². The molecule has 2 heterocycles. The zero-order chi connectivity index (χ0) is 10.7. The molecule has 1 aliphatic rings. The molecule has 2 atom stereocenters. The predicted molar refractivity (Wildman–Crippen MR) is 58.9 cm³/mol. The number of nitrogens with zero attached hydrogens (tertiary/aromatic N) is 1. The van der Waals surface area contributed by atoms with Gasteiger partial charge in [-0.15, -0.1) is 11.3 Å². The van der Waals surface area contributed by atoms with Crippen LogP contribution >= 0.6 is 11.3 Å². The van der Waals surface area contributed by atoms with Gasteiger partial charge in [-0.3, -0.25) is 0 Å². The lowest BCUT2D eigenvalue weighted by Gasteiger charge is -2.22. The molecule has 15 heavy (non-hydrogen) atoms. The third kappa shape index (κ3) is 2.75. The van der Waals surface area contributed by atoms with Crippen LogP contribution < -0.4 is 5.32 Å². The summed E-state index contributed by atoms with van der Waals surface area (Å²) in [5.74, 6) is 0. The molecule has 2 N–H and O–H groups in total. The third-order valence-corrected chi connectivity index (χ3v) is 3.60. The monoisotopic (exact) mass is 228 g/mol. The van der Waals surface area contributed by atoms with Crippen LogP contribution in [0.15, 0.2) is 11.6 Å². The molecular weight excluding hydrogens is 212 g/mol. The van der Waals surface area contributed by atoms with Gasteiger partial charge in [0.25, 0.3) is 0 Å². The normalized spacial score (nSPS) is 28.1. The van der Waals surface area contributed by atoms with Crippen LogP contribution in [0.1, 0.15) is 24.4 Å². The minimum Gasteiger partial charge on any atom is -0.386 e. The van der Waals surface area contributed by atoms with E-state index in [2.05, 4.69) is 17.2 Å². The van der Waals surface area contributed by atoms with E-state index in [-0.39, 0.29) is 6.04 Å². The van der Waals surface area contributed by atoms with Crippen LogP contribution in [-0.2, 0) is 4.74 Å². The van der Waals surface area contributed by atoms with E-state index in [1.807, 2.05) is 5.38 Å². The summed E-state index contributed by atoms with van der Waals surface area (Å²) in [4.78, 5) is 4.23. The fourth-order valence-electron chi connectivity index (χ4n) is 1.61. The molecule has 1 aromatic heterocycles. The first kappa shape index (κ1) is 11.0. The summed E-state index contributed by atoms with van der Waals surface area (Å²) in [6.45, 7) is 3.71. The second kappa shape index (κ2) is 4.57. The average Bonchev–Trinajstić information content (AvgIpc) is 2.85. The quantitative estimate of drug-likeness (QED) is 0.805. The smallest absolute Gasteiger partial charge is 0.109 e. The Hall–Kier alpha value is -0.490. The Balaban J connectivity index is 1.83. The summed E-state index contributed by atoms with van der Waals surface area (Å²) in [5.41, 5.74) is -0.689. The van der Waals surface area contributed by atoms with Gasteiger partial charge in [-0.25, -0.2) is 4.98 Å². The van der Waals surface area contributed by atoms with E-state index in [0.717, 1.165) is 5.01 Å². The minimum atomic E-state index is -0.689.